The normalized spacial score (nSPS) is 25.5. The van der Waals surface area contributed by atoms with Crippen molar-refractivity contribution in [3.8, 4) is 0 Å². The number of hydrogen-bond donors (Lipinski definition) is 0. The summed E-state index contributed by atoms with van der Waals surface area (Å²) in [4.78, 5) is 24.6. The maximum Gasteiger partial charge on any atom is 0.227 e. The molecule has 4 heterocycles. The van der Waals surface area contributed by atoms with Crippen molar-refractivity contribution >= 4 is 11.6 Å². The average Bonchev–Trinajstić information content (AvgIpc) is 3.23. The number of carbonyl (C=O) groups excluding carboxylic acids is 1. The minimum absolute atomic E-state index is 0.0551. The van der Waals surface area contributed by atoms with E-state index in [2.05, 4.69) is 14.9 Å². The van der Waals surface area contributed by atoms with Gasteiger partial charge in [-0.15, -0.1) is 0 Å². The van der Waals surface area contributed by atoms with Crippen LogP contribution in [-0.4, -0.2) is 40.4 Å². The first-order valence-electron chi connectivity index (χ1n) is 7.54. The molecule has 0 radical (unpaired) electrons. The third-order valence-electron chi connectivity index (χ3n) is 4.66. The van der Waals surface area contributed by atoms with Gasteiger partial charge in [0.05, 0.1) is 30.9 Å². The lowest BCUT2D eigenvalue weighted by molar-refractivity contribution is -0.117. The second kappa shape index (κ2) is 5.21. The molecule has 1 spiro atoms. The molecule has 4 rings (SSSR count). The van der Waals surface area contributed by atoms with Crippen LogP contribution in [0.2, 0.25) is 0 Å². The standard InChI is InChI=1S/C16H18N4O2/c21-15-6-16(11-20(15)13-7-17-12-18-8-13)3-4-19(10-16)9-14-2-1-5-22-14/h1-2,5,7-8,12H,3-4,6,9-11H2/t16-/m0/s1. The smallest absolute Gasteiger partial charge is 0.227 e. The van der Waals surface area contributed by atoms with Crippen LogP contribution in [0.15, 0.2) is 41.5 Å². The van der Waals surface area contributed by atoms with Crippen molar-refractivity contribution in [2.24, 2.45) is 5.41 Å². The van der Waals surface area contributed by atoms with Gasteiger partial charge in [0.25, 0.3) is 0 Å². The first-order valence-corrected chi connectivity index (χ1v) is 7.54. The number of hydrogen-bond acceptors (Lipinski definition) is 5. The van der Waals surface area contributed by atoms with Gasteiger partial charge in [-0.25, -0.2) is 9.97 Å². The van der Waals surface area contributed by atoms with Crippen LogP contribution < -0.4 is 4.90 Å². The van der Waals surface area contributed by atoms with Gasteiger partial charge in [-0.1, -0.05) is 0 Å². The predicted octanol–water partition coefficient (Wildman–Crippen LogP) is 1.70. The van der Waals surface area contributed by atoms with E-state index >= 15 is 0 Å². The molecule has 0 bridgehead atoms. The molecule has 2 aromatic rings. The fourth-order valence-corrected chi connectivity index (χ4v) is 3.62. The van der Waals surface area contributed by atoms with Gasteiger partial charge in [-0.3, -0.25) is 9.69 Å². The topological polar surface area (TPSA) is 62.5 Å². The highest BCUT2D eigenvalue weighted by Gasteiger charge is 2.47. The van der Waals surface area contributed by atoms with E-state index in [0.717, 1.165) is 44.0 Å². The van der Waals surface area contributed by atoms with Gasteiger partial charge in [0.1, 0.15) is 12.1 Å². The van der Waals surface area contributed by atoms with E-state index < -0.39 is 0 Å². The van der Waals surface area contributed by atoms with E-state index in [1.54, 1.807) is 18.7 Å². The molecule has 1 amide bonds. The average molecular weight is 298 g/mol. The van der Waals surface area contributed by atoms with E-state index in [9.17, 15) is 4.79 Å². The quantitative estimate of drug-likeness (QED) is 0.863. The van der Waals surface area contributed by atoms with Gasteiger partial charge in [0, 0.05) is 24.9 Å². The number of likely N-dealkylation sites (tertiary alicyclic amines) is 1. The molecule has 0 aromatic carbocycles. The third kappa shape index (κ3) is 2.39. The molecular weight excluding hydrogens is 280 g/mol. The van der Waals surface area contributed by atoms with Crippen molar-refractivity contribution in [1.29, 1.82) is 0 Å². The fourth-order valence-electron chi connectivity index (χ4n) is 3.62. The van der Waals surface area contributed by atoms with Gasteiger partial charge >= 0.3 is 0 Å². The summed E-state index contributed by atoms with van der Waals surface area (Å²) < 4.78 is 5.42. The van der Waals surface area contributed by atoms with Crippen molar-refractivity contribution in [2.45, 2.75) is 19.4 Å². The van der Waals surface area contributed by atoms with Crippen LogP contribution in [-0.2, 0) is 11.3 Å². The highest BCUT2D eigenvalue weighted by Crippen LogP contribution is 2.41. The molecule has 1 atom stereocenters. The summed E-state index contributed by atoms with van der Waals surface area (Å²) in [6.07, 6.45) is 8.26. The molecule has 2 aliphatic rings. The summed E-state index contributed by atoms with van der Waals surface area (Å²) in [5.41, 5.74) is 0.855. The number of nitrogens with zero attached hydrogens (tertiary/aromatic N) is 4. The highest BCUT2D eigenvalue weighted by molar-refractivity contribution is 5.96. The number of amides is 1. The lowest BCUT2D eigenvalue weighted by Crippen LogP contribution is -2.31. The summed E-state index contributed by atoms with van der Waals surface area (Å²) >= 11 is 0. The maximum absolute atomic E-state index is 12.4. The van der Waals surface area contributed by atoms with E-state index in [1.165, 1.54) is 6.33 Å². The van der Waals surface area contributed by atoms with E-state index in [0.29, 0.717) is 6.42 Å². The minimum atomic E-state index is 0.0551. The van der Waals surface area contributed by atoms with Gasteiger partial charge in [0.15, 0.2) is 0 Å². The van der Waals surface area contributed by atoms with Gasteiger partial charge in [0.2, 0.25) is 5.91 Å². The molecule has 0 saturated carbocycles. The molecule has 22 heavy (non-hydrogen) atoms. The van der Waals surface area contributed by atoms with Crippen LogP contribution in [0.1, 0.15) is 18.6 Å². The Hall–Kier alpha value is -2.21. The Kier molecular flexibility index (Phi) is 3.18. The van der Waals surface area contributed by atoms with Gasteiger partial charge < -0.3 is 9.32 Å². The third-order valence-corrected chi connectivity index (χ3v) is 4.66. The largest absolute Gasteiger partial charge is 0.468 e. The van der Waals surface area contributed by atoms with E-state index in [-0.39, 0.29) is 11.3 Å². The van der Waals surface area contributed by atoms with Crippen LogP contribution in [0, 0.1) is 5.41 Å². The highest BCUT2D eigenvalue weighted by atomic mass is 16.3. The zero-order valence-corrected chi connectivity index (χ0v) is 12.3. The van der Waals surface area contributed by atoms with Crippen LogP contribution >= 0.6 is 0 Å². The molecule has 2 fully saturated rings. The van der Waals surface area contributed by atoms with Gasteiger partial charge in [-0.2, -0.15) is 0 Å². The van der Waals surface area contributed by atoms with Crippen LogP contribution in [0.3, 0.4) is 0 Å². The Labute approximate surface area is 128 Å². The monoisotopic (exact) mass is 298 g/mol. The molecule has 0 N–H and O–H groups in total. The Morgan fingerprint density at radius 3 is 2.91 bits per heavy atom. The van der Waals surface area contributed by atoms with E-state index in [1.807, 2.05) is 17.0 Å². The fraction of sp³-hybridized carbons (Fsp3) is 0.438. The lowest BCUT2D eigenvalue weighted by Gasteiger charge is -2.23. The number of rotatable bonds is 3. The van der Waals surface area contributed by atoms with Crippen molar-refractivity contribution < 1.29 is 9.21 Å². The Bertz CT molecular complexity index is 658. The number of aromatic nitrogens is 2. The Morgan fingerprint density at radius 1 is 1.27 bits per heavy atom. The molecule has 0 aliphatic carbocycles. The number of carbonyl (C=O) groups is 1. The summed E-state index contributed by atoms with van der Waals surface area (Å²) in [7, 11) is 0. The molecule has 0 unspecified atom stereocenters. The zero-order chi connectivity index (χ0) is 15.0. The van der Waals surface area contributed by atoms with Crippen LogP contribution in [0.5, 0.6) is 0 Å². The zero-order valence-electron chi connectivity index (χ0n) is 12.3. The summed E-state index contributed by atoms with van der Waals surface area (Å²) in [5.74, 6) is 1.16. The SMILES string of the molecule is O=C1C[C@]2(CCN(Cc3ccco3)C2)CN1c1cncnc1. The molecule has 6 nitrogen and oxygen atoms in total. The minimum Gasteiger partial charge on any atom is -0.468 e. The molecular formula is C16H18N4O2. The molecule has 2 aliphatic heterocycles. The molecule has 2 saturated heterocycles. The lowest BCUT2D eigenvalue weighted by atomic mass is 9.86. The van der Waals surface area contributed by atoms with Crippen molar-refractivity contribution in [1.82, 2.24) is 14.9 Å². The van der Waals surface area contributed by atoms with Crippen molar-refractivity contribution in [3.63, 3.8) is 0 Å². The maximum atomic E-state index is 12.4. The summed E-state index contributed by atoms with van der Waals surface area (Å²) in [6, 6.07) is 3.91. The summed E-state index contributed by atoms with van der Waals surface area (Å²) in [5, 5.41) is 0. The number of furan rings is 1. The van der Waals surface area contributed by atoms with E-state index in [4.69, 9.17) is 4.42 Å². The molecule has 6 heteroatoms. The molecule has 2 aromatic heterocycles. The molecule has 114 valence electrons. The second-order valence-corrected chi connectivity index (χ2v) is 6.29. The number of anilines is 1. The van der Waals surface area contributed by atoms with Gasteiger partial charge in [-0.05, 0) is 25.1 Å². The Morgan fingerprint density at radius 2 is 2.14 bits per heavy atom. The van der Waals surface area contributed by atoms with Crippen LogP contribution in [0.4, 0.5) is 5.69 Å². The van der Waals surface area contributed by atoms with Crippen LogP contribution in [0.25, 0.3) is 0 Å². The second-order valence-electron chi connectivity index (χ2n) is 6.29. The van der Waals surface area contributed by atoms with Crippen molar-refractivity contribution in [3.05, 3.63) is 42.9 Å². The first-order chi connectivity index (χ1) is 10.7. The summed E-state index contributed by atoms with van der Waals surface area (Å²) in [6.45, 7) is 3.52. The predicted molar refractivity (Wildman–Crippen MR) is 80.0 cm³/mol. The Balaban J connectivity index is 1.46. The first kappa shape index (κ1) is 13.5. The van der Waals surface area contributed by atoms with Crippen molar-refractivity contribution in [2.75, 3.05) is 24.5 Å².